The molecule has 6 aromatic rings. The van der Waals surface area contributed by atoms with Crippen LogP contribution < -0.4 is 24.8 Å². The van der Waals surface area contributed by atoms with Gasteiger partial charge >= 0.3 is 0 Å². The van der Waals surface area contributed by atoms with Gasteiger partial charge in [-0.25, -0.2) is 0 Å². The first-order chi connectivity index (χ1) is 37.9. The highest BCUT2D eigenvalue weighted by molar-refractivity contribution is 5.96. The van der Waals surface area contributed by atoms with Crippen LogP contribution in [-0.4, -0.2) is 102 Å². The zero-order valence-corrected chi connectivity index (χ0v) is 44.4. The Kier molecular flexibility index (Phi) is 18.0. The van der Waals surface area contributed by atoms with Crippen LogP contribution in [0.5, 0.6) is 17.2 Å². The molecule has 0 saturated carbocycles. The first kappa shape index (κ1) is 54.1. The fourth-order valence-corrected chi connectivity index (χ4v) is 10.3. The number of hydrogen-bond donors (Lipinski definition) is 2. The molecule has 3 saturated heterocycles. The average Bonchev–Trinajstić information content (AvgIpc) is 3.49. The van der Waals surface area contributed by atoms with Crippen molar-refractivity contribution < 1.29 is 38.2 Å². The molecular formula is C65H67N5O8. The van der Waals surface area contributed by atoms with E-state index in [1.54, 1.807) is 17.1 Å². The Morgan fingerprint density at radius 3 is 1.63 bits per heavy atom. The van der Waals surface area contributed by atoms with Crippen molar-refractivity contribution in [2.45, 2.75) is 77.1 Å². The van der Waals surface area contributed by atoms with Crippen molar-refractivity contribution in [2.24, 2.45) is 0 Å². The average molecular weight is 1050 g/mol. The molecular weight excluding hydrogens is 979 g/mol. The van der Waals surface area contributed by atoms with Crippen LogP contribution in [0.2, 0.25) is 0 Å². The van der Waals surface area contributed by atoms with Gasteiger partial charge in [0.05, 0.1) is 0 Å². The first-order valence-corrected chi connectivity index (χ1v) is 27.0. The van der Waals surface area contributed by atoms with E-state index in [9.17, 15) is 24.0 Å². The minimum absolute atomic E-state index is 0.0216. The molecule has 3 fully saturated rings. The standard InChI is InChI=1S/C65H67N5O8/c1-4-63(73)68-36-30-54(31-37-68)77-57-28-23-50(60(43-57)49-20-25-52(26-21-49)66-45(2)71)24-29-65(75)70-40-34-55(35-41-70)78-58-27-22-48(61(44-58)59-17-8-9-18-62(59)67-46(3)72)14-11-19-64(74)69-38-32-53(33-39-69)76-56-16-10-15-51(42-56)47-12-6-5-7-13-47/h4-13,15-29,42-44,53-55H,1,14,30-41H2,2-3H3,(H,66,71)(H,67,72)/b19-11+,29-24+. The fraction of sp³-hybridized carbons (Fsp3) is 0.277. The molecule has 0 radical (unpaired) electrons. The van der Waals surface area contributed by atoms with E-state index in [1.165, 1.54) is 19.9 Å². The van der Waals surface area contributed by atoms with E-state index in [0.29, 0.717) is 94.2 Å². The van der Waals surface area contributed by atoms with Crippen molar-refractivity contribution in [1.29, 1.82) is 0 Å². The van der Waals surface area contributed by atoms with Crippen LogP contribution >= 0.6 is 0 Å². The Labute approximate surface area is 457 Å². The molecule has 0 aliphatic carbocycles. The van der Waals surface area contributed by atoms with E-state index in [0.717, 1.165) is 63.1 Å². The molecule has 78 heavy (non-hydrogen) atoms. The zero-order chi connectivity index (χ0) is 54.4. The van der Waals surface area contributed by atoms with E-state index in [-0.39, 0.29) is 47.8 Å². The Bertz CT molecular complexity index is 3170. The Hall–Kier alpha value is -8.71. The smallest absolute Gasteiger partial charge is 0.246 e. The van der Waals surface area contributed by atoms with E-state index >= 15 is 0 Å². The lowest BCUT2D eigenvalue weighted by Crippen LogP contribution is -2.41. The second-order valence-corrected chi connectivity index (χ2v) is 20.0. The van der Waals surface area contributed by atoms with Gasteiger partial charge in [-0.2, -0.15) is 0 Å². The van der Waals surface area contributed by atoms with Gasteiger partial charge < -0.3 is 39.5 Å². The first-order valence-electron chi connectivity index (χ1n) is 27.0. The van der Waals surface area contributed by atoms with Crippen LogP contribution in [0.15, 0.2) is 170 Å². The van der Waals surface area contributed by atoms with Crippen molar-refractivity contribution in [2.75, 3.05) is 49.9 Å². The number of allylic oxidation sites excluding steroid dienone is 1. The van der Waals surface area contributed by atoms with Gasteiger partial charge in [-0.1, -0.05) is 97.6 Å². The number of rotatable bonds is 17. The van der Waals surface area contributed by atoms with Gasteiger partial charge in [0.1, 0.15) is 35.6 Å². The van der Waals surface area contributed by atoms with Crippen LogP contribution in [0.1, 0.15) is 63.5 Å². The molecule has 0 aromatic heterocycles. The lowest BCUT2D eigenvalue weighted by Gasteiger charge is -2.32. The third-order valence-corrected chi connectivity index (χ3v) is 14.4. The molecule has 400 valence electrons. The van der Waals surface area contributed by atoms with Crippen LogP contribution in [0.25, 0.3) is 39.5 Å². The Balaban J connectivity index is 0.820. The predicted molar refractivity (Wildman–Crippen MR) is 307 cm³/mol. The second-order valence-electron chi connectivity index (χ2n) is 20.0. The summed E-state index contributed by atoms with van der Waals surface area (Å²) in [5, 5.41) is 5.80. The van der Waals surface area contributed by atoms with Crippen LogP contribution in [0.4, 0.5) is 11.4 Å². The van der Waals surface area contributed by atoms with Gasteiger partial charge in [0.15, 0.2) is 0 Å². The maximum Gasteiger partial charge on any atom is 0.246 e. The largest absolute Gasteiger partial charge is 0.490 e. The summed E-state index contributed by atoms with van der Waals surface area (Å²) in [6.45, 7) is 9.99. The third kappa shape index (κ3) is 14.4. The zero-order valence-electron chi connectivity index (χ0n) is 44.4. The van der Waals surface area contributed by atoms with Crippen LogP contribution in [-0.2, 0) is 30.4 Å². The molecule has 5 amide bonds. The summed E-state index contributed by atoms with van der Waals surface area (Å²) in [4.78, 5) is 69.0. The number of carbonyl (C=O) groups excluding carboxylic acids is 5. The van der Waals surface area contributed by atoms with Gasteiger partial charge in [0, 0.05) is 115 Å². The monoisotopic (exact) mass is 1050 g/mol. The van der Waals surface area contributed by atoms with Crippen LogP contribution in [0, 0.1) is 0 Å². The number of likely N-dealkylation sites (tertiary alicyclic amines) is 3. The predicted octanol–water partition coefficient (Wildman–Crippen LogP) is 11.4. The molecule has 3 aliphatic heterocycles. The highest BCUT2D eigenvalue weighted by Crippen LogP contribution is 2.36. The number of ether oxygens (including phenoxy) is 3. The third-order valence-electron chi connectivity index (χ3n) is 14.4. The molecule has 3 aliphatic rings. The fourth-order valence-electron chi connectivity index (χ4n) is 10.3. The van der Waals surface area contributed by atoms with Gasteiger partial charge in [-0.05, 0) is 118 Å². The summed E-state index contributed by atoms with van der Waals surface area (Å²) >= 11 is 0. The van der Waals surface area contributed by atoms with Crippen molar-refractivity contribution in [1.82, 2.24) is 14.7 Å². The number of nitrogens with one attached hydrogen (secondary N) is 2. The van der Waals surface area contributed by atoms with Crippen LogP contribution in [0.3, 0.4) is 0 Å². The van der Waals surface area contributed by atoms with E-state index in [4.69, 9.17) is 14.2 Å². The normalized spacial score (nSPS) is 15.5. The molecule has 2 N–H and O–H groups in total. The van der Waals surface area contributed by atoms with Crippen molar-refractivity contribution in [3.05, 3.63) is 182 Å². The summed E-state index contributed by atoms with van der Waals surface area (Å²) in [7, 11) is 0. The molecule has 0 bridgehead atoms. The summed E-state index contributed by atoms with van der Waals surface area (Å²) in [6, 6.07) is 45.4. The molecule has 13 nitrogen and oxygen atoms in total. The molecule has 3 heterocycles. The number of hydrogen-bond acceptors (Lipinski definition) is 8. The number of piperidine rings is 3. The summed E-state index contributed by atoms with van der Waals surface area (Å²) in [5.74, 6) is 1.63. The maximum atomic E-state index is 13.8. The number of nitrogens with zero attached hydrogens (tertiary/aromatic N) is 3. The molecule has 6 aromatic carbocycles. The number of amides is 5. The molecule has 0 unspecified atom stereocenters. The van der Waals surface area contributed by atoms with Crippen molar-refractivity contribution in [3.63, 3.8) is 0 Å². The molecule has 0 spiro atoms. The molecule has 0 atom stereocenters. The van der Waals surface area contributed by atoms with E-state index in [1.807, 2.05) is 137 Å². The molecule has 9 rings (SSSR count). The van der Waals surface area contributed by atoms with Crippen molar-refractivity contribution in [3.8, 4) is 50.6 Å². The number of carbonyl (C=O) groups is 5. The van der Waals surface area contributed by atoms with Gasteiger partial charge in [0.2, 0.25) is 29.5 Å². The van der Waals surface area contributed by atoms with Gasteiger partial charge in [0.25, 0.3) is 0 Å². The van der Waals surface area contributed by atoms with E-state index in [2.05, 4.69) is 41.5 Å². The Morgan fingerprint density at radius 2 is 1.03 bits per heavy atom. The summed E-state index contributed by atoms with van der Waals surface area (Å²) in [6.07, 6.45) is 12.8. The minimum atomic E-state index is -0.182. The summed E-state index contributed by atoms with van der Waals surface area (Å²) < 4.78 is 19.5. The highest BCUT2D eigenvalue weighted by atomic mass is 16.5. The maximum absolute atomic E-state index is 13.8. The Morgan fingerprint density at radius 1 is 0.500 bits per heavy atom. The number of para-hydroxylation sites is 1. The van der Waals surface area contributed by atoms with E-state index < -0.39 is 0 Å². The second kappa shape index (κ2) is 25.9. The lowest BCUT2D eigenvalue weighted by atomic mass is 9.95. The lowest BCUT2D eigenvalue weighted by molar-refractivity contribution is -0.128. The van der Waals surface area contributed by atoms with Gasteiger partial charge in [-0.3, -0.25) is 24.0 Å². The SMILES string of the molecule is C=CC(=O)N1CCC(Oc2ccc(/C=C/C(=O)N3CCC(Oc4ccc(C/C=C/C(=O)N5CCC(Oc6cccc(-c7ccccc7)c6)CC5)c(-c5ccccc5NC(C)=O)c4)CC3)c(-c3ccc(NC(C)=O)cc3)c2)CC1. The van der Waals surface area contributed by atoms with Crippen molar-refractivity contribution >= 4 is 47.0 Å². The molecule has 13 heteroatoms. The number of benzene rings is 6. The summed E-state index contributed by atoms with van der Waals surface area (Å²) in [5.41, 5.74) is 8.87. The highest BCUT2D eigenvalue weighted by Gasteiger charge is 2.26. The topological polar surface area (TPSA) is 147 Å². The quantitative estimate of drug-likeness (QED) is 0.0859. The minimum Gasteiger partial charge on any atom is -0.490 e. The van der Waals surface area contributed by atoms with Gasteiger partial charge in [-0.15, -0.1) is 0 Å². The number of anilines is 2.